The third-order valence-electron chi connectivity index (χ3n) is 3.93. The topological polar surface area (TPSA) is 72.5 Å². The van der Waals surface area contributed by atoms with E-state index in [0.29, 0.717) is 5.69 Å². The van der Waals surface area contributed by atoms with E-state index in [1.165, 1.54) is 49.0 Å². The van der Waals surface area contributed by atoms with Crippen LogP contribution in [0.4, 0.5) is 10.1 Å². The smallest absolute Gasteiger partial charge is 0.338 e. The van der Waals surface area contributed by atoms with Gasteiger partial charge in [-0.25, -0.2) is 9.18 Å². The van der Waals surface area contributed by atoms with Crippen molar-refractivity contribution in [2.45, 2.75) is 30.1 Å². The molecule has 1 N–H and O–H groups in total. The lowest BCUT2D eigenvalue weighted by molar-refractivity contribution is -0.115. The molecule has 5 nitrogen and oxygen atoms in total. The molecule has 0 aliphatic carbocycles. The van der Waals surface area contributed by atoms with Crippen LogP contribution in [0.3, 0.4) is 0 Å². The second-order valence-corrected chi connectivity index (χ2v) is 7.26. The van der Waals surface area contributed by atoms with Gasteiger partial charge in [0.2, 0.25) is 11.7 Å². The van der Waals surface area contributed by atoms with E-state index in [-0.39, 0.29) is 22.3 Å². The van der Waals surface area contributed by atoms with Crippen LogP contribution in [-0.2, 0) is 9.53 Å². The highest BCUT2D eigenvalue weighted by atomic mass is 32.2. The molecule has 0 unspecified atom stereocenters. The Bertz CT molecular complexity index is 882. The first-order chi connectivity index (χ1) is 12.3. The average Bonchev–Trinajstić information content (AvgIpc) is 2.62. The van der Waals surface area contributed by atoms with Crippen LogP contribution in [0.5, 0.6) is 0 Å². The van der Waals surface area contributed by atoms with Crippen molar-refractivity contribution in [2.75, 3.05) is 5.32 Å². The largest absolute Gasteiger partial charge is 0.451 e. The average molecular weight is 373 g/mol. The van der Waals surface area contributed by atoms with Crippen molar-refractivity contribution in [3.8, 4) is 0 Å². The van der Waals surface area contributed by atoms with Crippen LogP contribution in [0.25, 0.3) is 0 Å². The Labute approximate surface area is 153 Å². The summed E-state index contributed by atoms with van der Waals surface area (Å²) in [7, 11) is 0. The first-order valence-electron chi connectivity index (χ1n) is 7.97. The Morgan fingerprint density at radius 2 is 1.81 bits per heavy atom. The predicted octanol–water partition coefficient (Wildman–Crippen LogP) is 3.69. The summed E-state index contributed by atoms with van der Waals surface area (Å²) in [6, 6.07) is 9.89. The van der Waals surface area contributed by atoms with E-state index >= 15 is 0 Å². The van der Waals surface area contributed by atoms with Gasteiger partial charge in [-0.2, -0.15) is 0 Å². The molecule has 0 fully saturated rings. The van der Waals surface area contributed by atoms with Gasteiger partial charge < -0.3 is 10.1 Å². The van der Waals surface area contributed by atoms with E-state index in [1.54, 1.807) is 19.1 Å². The van der Waals surface area contributed by atoms with Crippen molar-refractivity contribution < 1.29 is 23.5 Å². The zero-order valence-electron chi connectivity index (χ0n) is 14.1. The Hall–Kier alpha value is -2.67. The number of carbonyl (C=O) groups is 3. The molecular formula is C19H16FNO4S. The molecule has 1 aliphatic heterocycles. The highest BCUT2D eigenvalue weighted by Crippen LogP contribution is 2.36. The van der Waals surface area contributed by atoms with Gasteiger partial charge >= 0.3 is 5.97 Å². The second-order valence-electron chi connectivity index (χ2n) is 5.88. The van der Waals surface area contributed by atoms with E-state index in [4.69, 9.17) is 4.74 Å². The van der Waals surface area contributed by atoms with Crippen LogP contribution in [-0.4, -0.2) is 29.0 Å². The fourth-order valence-corrected chi connectivity index (χ4v) is 3.40. The molecule has 2 aromatic carbocycles. The summed E-state index contributed by atoms with van der Waals surface area (Å²) < 4.78 is 18.2. The molecule has 0 bridgehead atoms. The monoisotopic (exact) mass is 373 g/mol. The van der Waals surface area contributed by atoms with E-state index in [1.807, 2.05) is 0 Å². The fourth-order valence-electron chi connectivity index (χ4n) is 2.47. The molecule has 0 spiro atoms. The number of fused-ring (bicyclic) bond motifs is 1. The van der Waals surface area contributed by atoms with Crippen molar-refractivity contribution in [1.29, 1.82) is 0 Å². The number of ketones is 1. The first kappa shape index (κ1) is 18.1. The molecule has 3 rings (SSSR count). The molecule has 0 saturated heterocycles. The summed E-state index contributed by atoms with van der Waals surface area (Å²) in [4.78, 5) is 37.2. The molecule has 0 aromatic heterocycles. The lowest BCUT2D eigenvalue weighted by atomic mass is 10.1. The Kier molecular flexibility index (Phi) is 5.08. The van der Waals surface area contributed by atoms with Crippen LogP contribution < -0.4 is 5.32 Å². The number of hydrogen-bond acceptors (Lipinski definition) is 5. The number of benzene rings is 2. The molecular weight excluding hydrogens is 357 g/mol. The van der Waals surface area contributed by atoms with Gasteiger partial charge in [0.15, 0.2) is 6.10 Å². The molecule has 1 aliphatic rings. The summed E-state index contributed by atoms with van der Waals surface area (Å²) in [6.07, 6.45) is -1.02. The van der Waals surface area contributed by atoms with Crippen LogP contribution in [0.1, 0.15) is 34.6 Å². The number of amides is 1. The Morgan fingerprint density at radius 1 is 1.15 bits per heavy atom. The van der Waals surface area contributed by atoms with Gasteiger partial charge in [0.25, 0.3) is 0 Å². The van der Waals surface area contributed by atoms with Crippen molar-refractivity contribution in [1.82, 2.24) is 0 Å². The number of carbonyl (C=O) groups excluding carboxylic acids is 3. The lowest BCUT2D eigenvalue weighted by Gasteiger charge is -2.21. The maximum absolute atomic E-state index is 12.9. The van der Waals surface area contributed by atoms with Crippen LogP contribution >= 0.6 is 11.8 Å². The van der Waals surface area contributed by atoms with Gasteiger partial charge in [0.05, 0.1) is 16.5 Å². The molecule has 2 atom stereocenters. The van der Waals surface area contributed by atoms with Crippen LogP contribution in [0.2, 0.25) is 0 Å². The molecule has 134 valence electrons. The number of nitrogens with one attached hydrogen (secondary N) is 1. The van der Waals surface area contributed by atoms with E-state index in [2.05, 4.69) is 5.32 Å². The second kappa shape index (κ2) is 7.29. The number of thioether (sulfide) groups is 1. The minimum absolute atomic E-state index is 0.132. The molecule has 0 radical (unpaired) electrons. The maximum atomic E-state index is 12.9. The third-order valence-corrected chi connectivity index (χ3v) is 5.11. The van der Waals surface area contributed by atoms with Gasteiger partial charge in [0.1, 0.15) is 5.82 Å². The van der Waals surface area contributed by atoms with E-state index in [9.17, 15) is 18.8 Å². The first-order valence-corrected chi connectivity index (χ1v) is 8.85. The highest BCUT2D eigenvalue weighted by Gasteiger charge is 2.25. The standard InChI is InChI=1S/C19H16FNO4S/c1-10(17(22)12-3-6-14(20)7-4-12)25-19(24)13-5-8-16-15(9-13)21-18(23)11(2)26-16/h3-11H,1-2H3,(H,21,23)/t10-,11+/m1/s1. The van der Waals surface area contributed by atoms with Crippen LogP contribution in [0, 0.1) is 5.82 Å². The summed E-state index contributed by atoms with van der Waals surface area (Å²) in [5.41, 5.74) is 1.04. The third kappa shape index (κ3) is 3.77. The van der Waals surface area contributed by atoms with Crippen molar-refractivity contribution in [2.24, 2.45) is 0 Å². The quantitative estimate of drug-likeness (QED) is 0.654. The van der Waals surface area contributed by atoms with Crippen LogP contribution in [0.15, 0.2) is 47.4 Å². The minimum atomic E-state index is -1.02. The number of rotatable bonds is 4. The fraction of sp³-hybridized carbons (Fsp3) is 0.211. The normalized spacial score (nSPS) is 17.0. The number of halogens is 1. The summed E-state index contributed by atoms with van der Waals surface area (Å²) in [5, 5.41) is 2.54. The van der Waals surface area contributed by atoms with Gasteiger partial charge in [-0.15, -0.1) is 11.8 Å². The number of Topliss-reactive ketones (excluding diaryl/α,β-unsaturated/α-hetero) is 1. The molecule has 26 heavy (non-hydrogen) atoms. The minimum Gasteiger partial charge on any atom is -0.451 e. The van der Waals surface area contributed by atoms with Crippen molar-refractivity contribution in [3.05, 3.63) is 59.4 Å². The van der Waals surface area contributed by atoms with Gasteiger partial charge in [0, 0.05) is 10.5 Å². The Balaban J connectivity index is 1.72. The molecule has 1 heterocycles. The summed E-state index contributed by atoms with van der Waals surface area (Å²) in [6.45, 7) is 3.26. The number of anilines is 1. The predicted molar refractivity (Wildman–Crippen MR) is 96.0 cm³/mol. The maximum Gasteiger partial charge on any atom is 0.338 e. The lowest BCUT2D eigenvalue weighted by Crippen LogP contribution is -2.27. The molecule has 7 heteroatoms. The number of hydrogen-bond donors (Lipinski definition) is 1. The number of esters is 1. The zero-order chi connectivity index (χ0) is 18.8. The number of ether oxygens (including phenoxy) is 1. The van der Waals surface area contributed by atoms with E-state index < -0.39 is 23.7 Å². The van der Waals surface area contributed by atoms with E-state index in [0.717, 1.165) is 4.90 Å². The molecule has 1 amide bonds. The molecule has 2 aromatic rings. The molecule has 0 saturated carbocycles. The van der Waals surface area contributed by atoms with Gasteiger partial charge in [-0.05, 0) is 56.3 Å². The van der Waals surface area contributed by atoms with Crippen molar-refractivity contribution >= 4 is 35.1 Å². The SMILES string of the molecule is C[C@@H]1Sc2ccc(C(=O)O[C@H](C)C(=O)c3ccc(F)cc3)cc2NC1=O. The van der Waals surface area contributed by atoms with Gasteiger partial charge in [-0.3, -0.25) is 9.59 Å². The Morgan fingerprint density at radius 3 is 2.50 bits per heavy atom. The summed E-state index contributed by atoms with van der Waals surface area (Å²) in [5.74, 6) is -1.68. The van der Waals surface area contributed by atoms with Crippen molar-refractivity contribution in [3.63, 3.8) is 0 Å². The van der Waals surface area contributed by atoms with Gasteiger partial charge in [-0.1, -0.05) is 0 Å². The highest BCUT2D eigenvalue weighted by molar-refractivity contribution is 8.00. The zero-order valence-corrected chi connectivity index (χ0v) is 14.9. The summed E-state index contributed by atoms with van der Waals surface area (Å²) >= 11 is 1.41.